The molecular formula is C19H25Cl3N4OS. The monoisotopic (exact) mass is 462 g/mol. The minimum Gasteiger partial charge on any atom is -0.336 e. The second kappa shape index (κ2) is 10.2. The number of halogens is 3. The van der Waals surface area contributed by atoms with Gasteiger partial charge in [0.05, 0.1) is 5.69 Å². The second-order valence-corrected chi connectivity index (χ2v) is 8.36. The molecule has 1 aromatic carbocycles. The van der Waals surface area contributed by atoms with Crippen LogP contribution in [-0.2, 0) is 0 Å². The van der Waals surface area contributed by atoms with Gasteiger partial charge in [-0.1, -0.05) is 23.7 Å². The van der Waals surface area contributed by atoms with Crippen molar-refractivity contribution in [3.63, 3.8) is 0 Å². The molecule has 1 N–H and O–H groups in total. The van der Waals surface area contributed by atoms with Crippen molar-refractivity contribution < 1.29 is 4.79 Å². The van der Waals surface area contributed by atoms with Crippen LogP contribution < -0.4 is 5.32 Å². The van der Waals surface area contributed by atoms with Crippen molar-refractivity contribution in [2.24, 2.45) is 0 Å². The quantitative estimate of drug-likeness (QED) is 0.753. The zero-order valence-electron chi connectivity index (χ0n) is 15.7. The van der Waals surface area contributed by atoms with E-state index in [0.29, 0.717) is 11.1 Å². The minimum absolute atomic E-state index is 0. The normalized spacial score (nSPS) is 19.8. The SMILES string of the molecule is Cc1nc(-c2cccc(Cl)c2)sc1C(=O)N1CCC(N2CCNCC2)C1.Cl.Cl. The van der Waals surface area contributed by atoms with Crippen LogP contribution in [-0.4, -0.2) is 66.0 Å². The van der Waals surface area contributed by atoms with E-state index in [-0.39, 0.29) is 30.7 Å². The summed E-state index contributed by atoms with van der Waals surface area (Å²) in [6, 6.07) is 8.12. The molecule has 1 amide bonds. The van der Waals surface area contributed by atoms with Gasteiger partial charge in [0.1, 0.15) is 9.88 Å². The van der Waals surface area contributed by atoms with Crippen LogP contribution in [0.4, 0.5) is 0 Å². The fraction of sp³-hybridized carbons (Fsp3) is 0.474. The summed E-state index contributed by atoms with van der Waals surface area (Å²) in [7, 11) is 0. The molecule has 1 aromatic heterocycles. The average molecular weight is 464 g/mol. The molecule has 0 bridgehead atoms. The fourth-order valence-electron chi connectivity index (χ4n) is 3.76. The number of rotatable bonds is 3. The number of hydrogen-bond acceptors (Lipinski definition) is 5. The molecule has 3 heterocycles. The molecule has 0 aliphatic carbocycles. The summed E-state index contributed by atoms with van der Waals surface area (Å²) in [6.07, 6.45) is 1.06. The van der Waals surface area contributed by atoms with Crippen LogP contribution in [0.15, 0.2) is 24.3 Å². The number of hydrogen-bond donors (Lipinski definition) is 1. The van der Waals surface area contributed by atoms with Gasteiger partial charge in [0, 0.05) is 55.9 Å². The highest BCUT2D eigenvalue weighted by atomic mass is 35.5. The smallest absolute Gasteiger partial charge is 0.265 e. The van der Waals surface area contributed by atoms with Crippen LogP contribution in [0.2, 0.25) is 5.02 Å². The molecule has 0 spiro atoms. The first-order valence-electron chi connectivity index (χ1n) is 9.09. The number of benzene rings is 1. The van der Waals surface area contributed by atoms with Crippen LogP contribution in [0.1, 0.15) is 21.8 Å². The third-order valence-electron chi connectivity index (χ3n) is 5.18. The maximum Gasteiger partial charge on any atom is 0.265 e. The fourth-order valence-corrected chi connectivity index (χ4v) is 4.98. The topological polar surface area (TPSA) is 48.5 Å². The zero-order chi connectivity index (χ0) is 18.1. The van der Waals surface area contributed by atoms with Gasteiger partial charge in [0.2, 0.25) is 0 Å². The van der Waals surface area contributed by atoms with Crippen molar-refractivity contribution in [2.45, 2.75) is 19.4 Å². The van der Waals surface area contributed by atoms with E-state index in [9.17, 15) is 4.79 Å². The van der Waals surface area contributed by atoms with Gasteiger partial charge in [0.15, 0.2) is 0 Å². The van der Waals surface area contributed by atoms with Gasteiger partial charge in [-0.05, 0) is 25.5 Å². The molecule has 0 saturated carbocycles. The molecule has 154 valence electrons. The molecule has 28 heavy (non-hydrogen) atoms. The molecule has 2 aliphatic rings. The molecule has 2 fully saturated rings. The summed E-state index contributed by atoms with van der Waals surface area (Å²) >= 11 is 7.56. The molecule has 9 heteroatoms. The lowest BCUT2D eigenvalue weighted by Gasteiger charge is -2.32. The first-order valence-corrected chi connectivity index (χ1v) is 10.3. The van der Waals surface area contributed by atoms with Crippen molar-refractivity contribution >= 4 is 53.7 Å². The Kier molecular flexibility index (Phi) is 8.55. The molecule has 0 radical (unpaired) electrons. The molecular weight excluding hydrogens is 439 g/mol. The molecule has 4 rings (SSSR count). The summed E-state index contributed by atoms with van der Waals surface area (Å²) in [5.41, 5.74) is 1.77. The van der Waals surface area contributed by atoms with Crippen LogP contribution in [0, 0.1) is 6.92 Å². The number of aromatic nitrogens is 1. The molecule has 5 nitrogen and oxygen atoms in total. The number of aryl methyl sites for hydroxylation is 1. The summed E-state index contributed by atoms with van der Waals surface area (Å²) in [5.74, 6) is 0.117. The van der Waals surface area contributed by atoms with E-state index in [0.717, 1.165) is 66.8 Å². The zero-order valence-corrected chi connectivity index (χ0v) is 18.9. The van der Waals surface area contributed by atoms with Crippen LogP contribution >= 0.6 is 47.8 Å². The highest BCUT2D eigenvalue weighted by Gasteiger charge is 2.32. The summed E-state index contributed by atoms with van der Waals surface area (Å²) in [6.45, 7) is 7.81. The van der Waals surface area contributed by atoms with Crippen molar-refractivity contribution in [1.29, 1.82) is 0 Å². The van der Waals surface area contributed by atoms with Gasteiger partial charge >= 0.3 is 0 Å². The second-order valence-electron chi connectivity index (χ2n) is 6.92. The number of thiazole rings is 1. The summed E-state index contributed by atoms with van der Waals surface area (Å²) < 4.78 is 0. The Hall–Kier alpha value is -0.890. The van der Waals surface area contributed by atoms with Crippen molar-refractivity contribution in [3.8, 4) is 10.6 Å². The van der Waals surface area contributed by atoms with E-state index >= 15 is 0 Å². The third kappa shape index (κ3) is 4.99. The molecule has 2 saturated heterocycles. The Bertz CT molecular complexity index is 810. The Morgan fingerprint density at radius 1 is 1.25 bits per heavy atom. The lowest BCUT2D eigenvalue weighted by atomic mass is 10.2. The van der Waals surface area contributed by atoms with Crippen LogP contribution in [0.5, 0.6) is 0 Å². The van der Waals surface area contributed by atoms with Gasteiger partial charge in [0.25, 0.3) is 5.91 Å². The van der Waals surface area contributed by atoms with E-state index in [1.165, 1.54) is 11.3 Å². The van der Waals surface area contributed by atoms with Crippen molar-refractivity contribution in [1.82, 2.24) is 20.1 Å². The predicted molar refractivity (Wildman–Crippen MR) is 121 cm³/mol. The Labute approximate surface area is 187 Å². The van der Waals surface area contributed by atoms with E-state index < -0.39 is 0 Å². The number of likely N-dealkylation sites (tertiary alicyclic amines) is 1. The van der Waals surface area contributed by atoms with E-state index in [1.54, 1.807) is 0 Å². The average Bonchev–Trinajstić information content (AvgIpc) is 3.29. The maximum absolute atomic E-state index is 13.0. The van der Waals surface area contributed by atoms with Gasteiger partial charge in [-0.2, -0.15) is 0 Å². The Balaban J connectivity index is 0.00000140. The van der Waals surface area contributed by atoms with Crippen molar-refractivity contribution in [2.75, 3.05) is 39.3 Å². The number of amides is 1. The molecule has 2 aliphatic heterocycles. The Morgan fingerprint density at radius 2 is 2.00 bits per heavy atom. The van der Waals surface area contributed by atoms with Crippen LogP contribution in [0.3, 0.4) is 0 Å². The standard InChI is InChI=1S/C19H23ClN4OS.2ClH/c1-13-17(26-18(22-13)14-3-2-4-15(20)11-14)19(25)24-8-5-16(12-24)23-9-6-21-7-10-23;;/h2-4,11,16,21H,5-10,12H2,1H3;2*1H. The molecule has 1 unspecified atom stereocenters. The largest absolute Gasteiger partial charge is 0.336 e. The van der Waals surface area contributed by atoms with Gasteiger partial charge < -0.3 is 10.2 Å². The van der Waals surface area contributed by atoms with E-state index in [1.807, 2.05) is 36.1 Å². The maximum atomic E-state index is 13.0. The van der Waals surface area contributed by atoms with E-state index in [2.05, 4.69) is 15.2 Å². The predicted octanol–water partition coefficient (Wildman–Crippen LogP) is 3.74. The third-order valence-corrected chi connectivity index (χ3v) is 6.61. The summed E-state index contributed by atoms with van der Waals surface area (Å²) in [5, 5.41) is 4.92. The molecule has 1 atom stereocenters. The number of carbonyl (C=O) groups excluding carboxylic acids is 1. The lowest BCUT2D eigenvalue weighted by Crippen LogP contribution is -2.49. The number of piperazine rings is 1. The number of nitrogens with zero attached hydrogens (tertiary/aromatic N) is 3. The van der Waals surface area contributed by atoms with Crippen molar-refractivity contribution in [3.05, 3.63) is 39.9 Å². The first kappa shape index (κ1) is 23.4. The number of nitrogens with one attached hydrogen (secondary N) is 1. The van der Waals surface area contributed by atoms with E-state index in [4.69, 9.17) is 11.6 Å². The lowest BCUT2D eigenvalue weighted by molar-refractivity contribution is 0.0777. The highest BCUT2D eigenvalue weighted by molar-refractivity contribution is 7.17. The Morgan fingerprint density at radius 3 is 2.71 bits per heavy atom. The minimum atomic E-state index is 0. The van der Waals surface area contributed by atoms with Gasteiger partial charge in [-0.15, -0.1) is 36.2 Å². The van der Waals surface area contributed by atoms with Gasteiger partial charge in [-0.25, -0.2) is 4.98 Å². The van der Waals surface area contributed by atoms with Crippen LogP contribution in [0.25, 0.3) is 10.6 Å². The highest BCUT2D eigenvalue weighted by Crippen LogP contribution is 2.31. The number of carbonyl (C=O) groups is 1. The molecule has 2 aromatic rings. The van der Waals surface area contributed by atoms with Gasteiger partial charge in [-0.3, -0.25) is 9.69 Å². The first-order chi connectivity index (χ1) is 12.6. The summed E-state index contributed by atoms with van der Waals surface area (Å²) in [4.78, 5) is 22.9.